The lowest BCUT2D eigenvalue weighted by Gasteiger charge is -2.35. The highest BCUT2D eigenvalue weighted by atomic mass is 16.3. The van der Waals surface area contributed by atoms with Crippen molar-refractivity contribution in [2.45, 2.75) is 71.3 Å². The SMILES string of the molecule is Cc1nn2c(N3CCN(CCO)CC3)cc(-c3ccccc3)nc2c1-c1cccc(CCCCCCCNc2cccc3nc(C)n(C4CCC(=O)NC4=O)c(=O)c23)c1. The Hall–Kier alpha value is -5.92. The summed E-state index contributed by atoms with van der Waals surface area (Å²) in [4.78, 5) is 52.7. The first-order valence-corrected chi connectivity index (χ1v) is 21.0. The van der Waals surface area contributed by atoms with Crippen molar-refractivity contribution in [1.82, 2.24) is 34.4 Å². The summed E-state index contributed by atoms with van der Waals surface area (Å²) in [5.74, 6) is 0.716. The first-order chi connectivity index (χ1) is 28.8. The molecule has 2 saturated heterocycles. The zero-order valence-corrected chi connectivity index (χ0v) is 34.0. The van der Waals surface area contributed by atoms with Crippen LogP contribution in [0.1, 0.15) is 68.1 Å². The molecule has 2 fully saturated rings. The number of hydrogen-bond donors (Lipinski definition) is 3. The summed E-state index contributed by atoms with van der Waals surface area (Å²) in [5, 5.41) is 20.8. The third-order valence-electron chi connectivity index (χ3n) is 11.7. The Morgan fingerprint density at radius 2 is 1.59 bits per heavy atom. The molecule has 5 heterocycles. The number of nitrogens with one attached hydrogen (secondary N) is 2. The standard InChI is InChI=1S/C46H53N9O4/c1-31-42(44-49-38(34-15-8-6-9-16-34)30-41(55(44)51-31)53-25-23-52(24-26-53)27-28-56)35-17-11-14-33(29-35)13-7-4-3-5-10-22-47-36-18-12-19-37-43(36)46(59)54(32(2)48-37)39-20-21-40(57)50-45(39)58/h6,8-9,11-12,14-19,29-30,39,47,56H,3-5,7,10,13,20-28H2,1-2H3,(H,50,57,58). The van der Waals surface area contributed by atoms with E-state index in [2.05, 4.69) is 86.9 Å². The van der Waals surface area contributed by atoms with Crippen LogP contribution in [-0.4, -0.2) is 91.8 Å². The molecule has 3 aromatic heterocycles. The van der Waals surface area contributed by atoms with Gasteiger partial charge < -0.3 is 15.3 Å². The summed E-state index contributed by atoms with van der Waals surface area (Å²) >= 11 is 0. The smallest absolute Gasteiger partial charge is 0.264 e. The molecular formula is C46H53N9O4. The molecule has 13 heteroatoms. The van der Waals surface area contributed by atoms with Gasteiger partial charge in [0.25, 0.3) is 5.56 Å². The van der Waals surface area contributed by atoms with Crippen molar-refractivity contribution in [1.29, 1.82) is 0 Å². The van der Waals surface area contributed by atoms with E-state index in [9.17, 15) is 19.5 Å². The Morgan fingerprint density at radius 1 is 0.831 bits per heavy atom. The van der Waals surface area contributed by atoms with Crippen LogP contribution in [0.5, 0.6) is 0 Å². The van der Waals surface area contributed by atoms with Crippen molar-refractivity contribution in [3.8, 4) is 22.4 Å². The fourth-order valence-corrected chi connectivity index (χ4v) is 8.66. The molecule has 2 aliphatic heterocycles. The van der Waals surface area contributed by atoms with Crippen LogP contribution in [0.2, 0.25) is 0 Å². The number of nitrogens with zero attached hydrogens (tertiary/aromatic N) is 7. The summed E-state index contributed by atoms with van der Waals surface area (Å²) in [7, 11) is 0. The summed E-state index contributed by atoms with van der Waals surface area (Å²) in [6.45, 7) is 8.87. The van der Waals surface area contributed by atoms with Crippen LogP contribution in [0.3, 0.4) is 0 Å². The molecule has 0 bridgehead atoms. The van der Waals surface area contributed by atoms with Gasteiger partial charge in [-0.05, 0) is 62.8 Å². The van der Waals surface area contributed by atoms with Crippen LogP contribution in [0.25, 0.3) is 38.9 Å². The number of aryl methyl sites for hydroxylation is 3. The molecule has 1 unspecified atom stereocenters. The van der Waals surface area contributed by atoms with Crippen molar-refractivity contribution in [3.05, 3.63) is 106 Å². The molecule has 13 nitrogen and oxygen atoms in total. The van der Waals surface area contributed by atoms with Gasteiger partial charge in [0.2, 0.25) is 11.8 Å². The van der Waals surface area contributed by atoms with Gasteiger partial charge >= 0.3 is 0 Å². The van der Waals surface area contributed by atoms with Gasteiger partial charge in [-0.2, -0.15) is 9.61 Å². The van der Waals surface area contributed by atoms with E-state index in [4.69, 9.17) is 10.1 Å². The largest absolute Gasteiger partial charge is 0.395 e. The summed E-state index contributed by atoms with van der Waals surface area (Å²) in [6.07, 6.45) is 6.78. The van der Waals surface area contributed by atoms with Crippen LogP contribution in [-0.2, 0) is 16.0 Å². The lowest BCUT2D eigenvalue weighted by atomic mass is 9.99. The average Bonchev–Trinajstić information content (AvgIpc) is 3.58. The van der Waals surface area contributed by atoms with E-state index >= 15 is 0 Å². The zero-order valence-electron chi connectivity index (χ0n) is 34.0. The van der Waals surface area contributed by atoms with E-state index in [-0.39, 0.29) is 30.9 Å². The highest BCUT2D eigenvalue weighted by molar-refractivity contribution is 6.00. The molecule has 0 saturated carbocycles. The third-order valence-corrected chi connectivity index (χ3v) is 11.7. The van der Waals surface area contributed by atoms with E-state index in [1.165, 1.54) is 10.1 Å². The van der Waals surface area contributed by atoms with E-state index in [1.54, 1.807) is 6.92 Å². The highest BCUT2D eigenvalue weighted by Crippen LogP contribution is 2.34. The van der Waals surface area contributed by atoms with Gasteiger partial charge in [0.05, 0.1) is 28.9 Å². The van der Waals surface area contributed by atoms with E-state index in [1.807, 2.05) is 28.8 Å². The average molecular weight is 796 g/mol. The number of unbranched alkanes of at least 4 members (excludes halogenated alkanes) is 4. The molecular weight excluding hydrogens is 743 g/mol. The molecule has 2 amide bonds. The molecule has 6 aromatic rings. The van der Waals surface area contributed by atoms with Crippen molar-refractivity contribution >= 4 is 39.9 Å². The highest BCUT2D eigenvalue weighted by Gasteiger charge is 2.31. The number of carbonyl (C=O) groups is 2. The third kappa shape index (κ3) is 8.62. The van der Waals surface area contributed by atoms with Crippen LogP contribution < -0.4 is 21.1 Å². The van der Waals surface area contributed by atoms with Gasteiger partial charge in [0, 0.05) is 68.6 Å². The van der Waals surface area contributed by atoms with Crippen molar-refractivity contribution in [2.75, 3.05) is 56.1 Å². The Bertz CT molecular complexity index is 2520. The Balaban J connectivity index is 0.894. The number of hydrogen-bond acceptors (Lipinski definition) is 10. The molecule has 1 atom stereocenters. The monoisotopic (exact) mass is 795 g/mol. The van der Waals surface area contributed by atoms with E-state index in [0.717, 1.165) is 104 Å². The van der Waals surface area contributed by atoms with Crippen LogP contribution in [0.15, 0.2) is 83.7 Å². The molecule has 306 valence electrons. The van der Waals surface area contributed by atoms with Gasteiger partial charge in [0.15, 0.2) is 5.65 Å². The lowest BCUT2D eigenvalue weighted by molar-refractivity contribution is -0.135. The maximum absolute atomic E-state index is 13.8. The molecule has 8 rings (SSSR count). The van der Waals surface area contributed by atoms with Gasteiger partial charge in [-0.15, -0.1) is 0 Å². The fraction of sp³-hybridized carbons (Fsp3) is 0.391. The maximum atomic E-state index is 13.8. The number of amides is 2. The quantitative estimate of drug-likeness (QED) is 0.0824. The van der Waals surface area contributed by atoms with Crippen molar-refractivity contribution in [2.24, 2.45) is 0 Å². The Kier molecular flexibility index (Phi) is 12.1. The van der Waals surface area contributed by atoms with E-state index < -0.39 is 11.9 Å². The number of benzene rings is 3. The minimum Gasteiger partial charge on any atom is -0.395 e. The number of aliphatic hydroxyl groups excluding tert-OH is 1. The first-order valence-electron chi connectivity index (χ1n) is 21.0. The number of anilines is 2. The fourth-order valence-electron chi connectivity index (χ4n) is 8.66. The molecule has 0 radical (unpaired) electrons. The van der Waals surface area contributed by atoms with Crippen molar-refractivity contribution in [3.63, 3.8) is 0 Å². The number of carbonyl (C=O) groups excluding carboxylic acids is 2. The number of aliphatic hydroxyl groups is 1. The second-order valence-corrected chi connectivity index (χ2v) is 15.8. The van der Waals surface area contributed by atoms with Gasteiger partial charge in [-0.25, -0.2) is 9.97 Å². The number of aromatic nitrogens is 5. The summed E-state index contributed by atoms with van der Waals surface area (Å²) < 4.78 is 3.46. The van der Waals surface area contributed by atoms with Crippen LogP contribution in [0, 0.1) is 13.8 Å². The van der Waals surface area contributed by atoms with E-state index in [0.29, 0.717) is 35.5 Å². The molecule has 2 aliphatic rings. The van der Waals surface area contributed by atoms with Crippen LogP contribution >= 0.6 is 0 Å². The summed E-state index contributed by atoms with van der Waals surface area (Å²) in [5.41, 5.74) is 8.31. The normalized spacial score (nSPS) is 16.3. The second-order valence-electron chi connectivity index (χ2n) is 15.8. The van der Waals surface area contributed by atoms with Gasteiger partial charge in [-0.3, -0.25) is 29.2 Å². The first kappa shape index (κ1) is 39.9. The number of β-amino-alcohol motifs (C(OH)–C–C–N with tert-alkyl or cyclic N) is 1. The number of imide groups is 1. The van der Waals surface area contributed by atoms with Gasteiger partial charge in [-0.1, -0.05) is 79.9 Å². The molecule has 3 aromatic carbocycles. The topological polar surface area (TPSA) is 150 Å². The van der Waals surface area contributed by atoms with Crippen molar-refractivity contribution < 1.29 is 14.7 Å². The maximum Gasteiger partial charge on any atom is 0.264 e. The second kappa shape index (κ2) is 17.9. The molecule has 0 spiro atoms. The molecule has 3 N–H and O–H groups in total. The Morgan fingerprint density at radius 3 is 2.39 bits per heavy atom. The van der Waals surface area contributed by atoms with Crippen LogP contribution in [0.4, 0.5) is 11.5 Å². The summed E-state index contributed by atoms with van der Waals surface area (Å²) in [6, 6.07) is 26.2. The minimum atomic E-state index is -0.753. The van der Waals surface area contributed by atoms with Gasteiger partial charge in [0.1, 0.15) is 17.7 Å². The number of piperidine rings is 1. The minimum absolute atomic E-state index is 0.173. The molecule has 59 heavy (non-hydrogen) atoms. The molecule has 0 aliphatic carbocycles. The Labute approximate surface area is 344 Å². The lowest BCUT2D eigenvalue weighted by Crippen LogP contribution is -2.47. The number of fused-ring (bicyclic) bond motifs is 2. The zero-order chi connectivity index (χ0) is 40.9. The number of rotatable bonds is 15. The predicted octanol–water partition coefficient (Wildman–Crippen LogP) is 6.09. The number of piperazine rings is 1. The predicted molar refractivity (Wildman–Crippen MR) is 232 cm³/mol.